The number of rotatable bonds is 4. The number of carbonyl (C=O) groups is 1. The van der Waals surface area contributed by atoms with Crippen molar-refractivity contribution in [1.82, 2.24) is 10.3 Å². The highest BCUT2D eigenvalue weighted by Crippen LogP contribution is 2.18. The van der Waals surface area contributed by atoms with E-state index in [4.69, 9.17) is 0 Å². The molecule has 0 unspecified atom stereocenters. The van der Waals surface area contributed by atoms with E-state index in [-0.39, 0.29) is 12.1 Å². The first kappa shape index (κ1) is 14.6. The van der Waals surface area contributed by atoms with Crippen molar-refractivity contribution in [1.29, 1.82) is 0 Å². The van der Waals surface area contributed by atoms with Gasteiger partial charge in [0.25, 0.3) is 5.91 Å². The molecular formula is C14H15FN2O2S. The molecule has 1 atom stereocenters. The lowest BCUT2D eigenvalue weighted by molar-refractivity contribution is -0.129. The number of aliphatic hydroxyl groups is 1. The highest BCUT2D eigenvalue weighted by Gasteiger charge is 2.20. The SMILES string of the molecule is Cc1nc(CNC(=O)[C@@H](O)c2ccccc2F)sc1C. The van der Waals surface area contributed by atoms with Crippen LogP contribution in [0.4, 0.5) is 4.39 Å². The van der Waals surface area contributed by atoms with Gasteiger partial charge in [-0.2, -0.15) is 0 Å². The molecule has 2 aromatic rings. The predicted octanol–water partition coefficient (Wildman–Crippen LogP) is 2.25. The van der Waals surface area contributed by atoms with Gasteiger partial charge < -0.3 is 10.4 Å². The molecule has 4 nitrogen and oxygen atoms in total. The zero-order valence-corrected chi connectivity index (χ0v) is 12.0. The second kappa shape index (κ2) is 6.11. The Kier molecular flexibility index (Phi) is 4.46. The highest BCUT2D eigenvalue weighted by atomic mass is 32.1. The number of thiazole rings is 1. The van der Waals surface area contributed by atoms with Gasteiger partial charge in [0, 0.05) is 10.4 Å². The maximum absolute atomic E-state index is 13.5. The van der Waals surface area contributed by atoms with E-state index in [9.17, 15) is 14.3 Å². The number of nitrogens with zero attached hydrogens (tertiary/aromatic N) is 1. The average molecular weight is 294 g/mol. The van der Waals surface area contributed by atoms with Crippen molar-refractivity contribution in [3.8, 4) is 0 Å². The third-order valence-electron chi connectivity index (χ3n) is 2.93. The van der Waals surface area contributed by atoms with Gasteiger partial charge in [0.05, 0.1) is 12.2 Å². The highest BCUT2D eigenvalue weighted by molar-refractivity contribution is 7.11. The van der Waals surface area contributed by atoms with Crippen LogP contribution < -0.4 is 5.32 Å². The third kappa shape index (κ3) is 3.20. The molecule has 0 aliphatic rings. The lowest BCUT2D eigenvalue weighted by atomic mass is 10.1. The van der Waals surface area contributed by atoms with E-state index in [1.54, 1.807) is 6.07 Å². The molecule has 106 valence electrons. The molecule has 1 amide bonds. The summed E-state index contributed by atoms with van der Waals surface area (Å²) in [5.41, 5.74) is 0.894. The molecule has 1 aromatic heterocycles. The van der Waals surface area contributed by atoms with E-state index >= 15 is 0 Å². The average Bonchev–Trinajstić information content (AvgIpc) is 2.75. The summed E-state index contributed by atoms with van der Waals surface area (Å²) in [5.74, 6) is -1.24. The summed E-state index contributed by atoms with van der Waals surface area (Å²) < 4.78 is 13.5. The van der Waals surface area contributed by atoms with Crippen molar-refractivity contribution in [2.45, 2.75) is 26.5 Å². The molecule has 1 heterocycles. The summed E-state index contributed by atoms with van der Waals surface area (Å²) in [6.45, 7) is 4.07. The minimum atomic E-state index is -1.52. The first-order valence-corrected chi connectivity index (χ1v) is 6.94. The normalized spacial score (nSPS) is 12.2. The number of benzene rings is 1. The van der Waals surface area contributed by atoms with Crippen LogP contribution >= 0.6 is 11.3 Å². The molecule has 0 radical (unpaired) electrons. The van der Waals surface area contributed by atoms with Crippen LogP contribution in [-0.2, 0) is 11.3 Å². The minimum Gasteiger partial charge on any atom is -0.378 e. The molecule has 6 heteroatoms. The monoisotopic (exact) mass is 294 g/mol. The Morgan fingerprint density at radius 1 is 1.45 bits per heavy atom. The van der Waals surface area contributed by atoms with E-state index in [0.717, 1.165) is 15.6 Å². The van der Waals surface area contributed by atoms with Gasteiger partial charge in [-0.05, 0) is 19.9 Å². The summed E-state index contributed by atoms with van der Waals surface area (Å²) in [5, 5.41) is 13.2. The molecule has 0 fully saturated rings. The van der Waals surface area contributed by atoms with Crippen LogP contribution in [0.3, 0.4) is 0 Å². The van der Waals surface area contributed by atoms with E-state index < -0.39 is 17.8 Å². The zero-order chi connectivity index (χ0) is 14.7. The van der Waals surface area contributed by atoms with Gasteiger partial charge in [-0.1, -0.05) is 18.2 Å². The predicted molar refractivity (Wildman–Crippen MR) is 74.8 cm³/mol. The quantitative estimate of drug-likeness (QED) is 0.909. The first-order chi connectivity index (χ1) is 9.49. The Hall–Kier alpha value is -1.79. The van der Waals surface area contributed by atoms with E-state index in [2.05, 4.69) is 10.3 Å². The van der Waals surface area contributed by atoms with Gasteiger partial charge in [0.15, 0.2) is 6.10 Å². The number of hydrogen-bond donors (Lipinski definition) is 2. The second-order valence-electron chi connectivity index (χ2n) is 4.39. The van der Waals surface area contributed by atoms with Crippen molar-refractivity contribution in [2.24, 2.45) is 0 Å². The lowest BCUT2D eigenvalue weighted by Gasteiger charge is -2.11. The number of carbonyl (C=O) groups excluding carboxylic acids is 1. The van der Waals surface area contributed by atoms with E-state index in [1.165, 1.54) is 29.5 Å². The molecular weight excluding hydrogens is 279 g/mol. The molecule has 0 spiro atoms. The number of aryl methyl sites for hydroxylation is 2. The van der Waals surface area contributed by atoms with Gasteiger partial charge in [-0.3, -0.25) is 4.79 Å². The number of hydrogen-bond acceptors (Lipinski definition) is 4. The Morgan fingerprint density at radius 3 is 2.75 bits per heavy atom. The Morgan fingerprint density at radius 2 is 2.15 bits per heavy atom. The Bertz CT molecular complexity index is 608. The smallest absolute Gasteiger partial charge is 0.253 e. The number of amides is 1. The minimum absolute atomic E-state index is 0.0310. The van der Waals surface area contributed by atoms with Gasteiger partial charge in [-0.25, -0.2) is 9.37 Å². The van der Waals surface area contributed by atoms with Gasteiger partial charge >= 0.3 is 0 Å². The van der Waals surface area contributed by atoms with Gasteiger partial charge in [0.1, 0.15) is 10.8 Å². The third-order valence-corrected chi connectivity index (χ3v) is 4.01. The Balaban J connectivity index is 2.00. The van der Waals surface area contributed by atoms with Crippen LogP contribution in [0.2, 0.25) is 0 Å². The van der Waals surface area contributed by atoms with Crippen LogP contribution in [0.5, 0.6) is 0 Å². The summed E-state index contributed by atoms with van der Waals surface area (Å²) >= 11 is 1.49. The van der Waals surface area contributed by atoms with E-state index in [1.807, 2.05) is 13.8 Å². The molecule has 0 aliphatic carbocycles. The fourth-order valence-electron chi connectivity index (χ4n) is 1.71. The Labute approximate surface area is 120 Å². The van der Waals surface area contributed by atoms with Crippen molar-refractivity contribution in [3.05, 3.63) is 51.2 Å². The lowest BCUT2D eigenvalue weighted by Crippen LogP contribution is -2.29. The molecule has 20 heavy (non-hydrogen) atoms. The number of halogens is 1. The fourth-order valence-corrected chi connectivity index (χ4v) is 2.59. The van der Waals surface area contributed by atoms with Crippen LogP contribution in [0, 0.1) is 19.7 Å². The molecule has 1 aromatic carbocycles. The zero-order valence-electron chi connectivity index (χ0n) is 11.2. The van der Waals surface area contributed by atoms with Crippen molar-refractivity contribution in [3.63, 3.8) is 0 Å². The summed E-state index contributed by atoms with van der Waals surface area (Å²) in [6.07, 6.45) is -1.52. The summed E-state index contributed by atoms with van der Waals surface area (Å²) in [7, 11) is 0. The fraction of sp³-hybridized carbons (Fsp3) is 0.286. The number of aliphatic hydroxyl groups excluding tert-OH is 1. The number of nitrogens with one attached hydrogen (secondary N) is 1. The standard InChI is InChI=1S/C14H15FN2O2S/c1-8-9(2)20-12(17-8)7-16-14(19)13(18)10-5-3-4-6-11(10)15/h3-6,13,18H,7H2,1-2H3,(H,16,19)/t13-/m0/s1. The van der Waals surface area contributed by atoms with E-state index in [0.29, 0.717) is 0 Å². The molecule has 0 saturated carbocycles. The van der Waals surface area contributed by atoms with Crippen LogP contribution in [-0.4, -0.2) is 16.0 Å². The van der Waals surface area contributed by atoms with Crippen LogP contribution in [0.25, 0.3) is 0 Å². The first-order valence-electron chi connectivity index (χ1n) is 6.12. The van der Waals surface area contributed by atoms with Crippen molar-refractivity contribution in [2.75, 3.05) is 0 Å². The molecule has 2 rings (SSSR count). The molecule has 0 saturated heterocycles. The molecule has 0 bridgehead atoms. The van der Waals surface area contributed by atoms with Gasteiger partial charge in [-0.15, -0.1) is 11.3 Å². The van der Waals surface area contributed by atoms with Crippen LogP contribution in [0.15, 0.2) is 24.3 Å². The maximum Gasteiger partial charge on any atom is 0.253 e. The summed E-state index contributed by atoms with van der Waals surface area (Å²) in [4.78, 5) is 17.2. The van der Waals surface area contributed by atoms with Crippen LogP contribution in [0.1, 0.15) is 27.2 Å². The summed E-state index contributed by atoms with van der Waals surface area (Å²) in [6, 6.07) is 5.67. The van der Waals surface area contributed by atoms with Gasteiger partial charge in [0.2, 0.25) is 0 Å². The van der Waals surface area contributed by atoms with Crippen molar-refractivity contribution < 1.29 is 14.3 Å². The topological polar surface area (TPSA) is 62.2 Å². The van der Waals surface area contributed by atoms with Crippen molar-refractivity contribution >= 4 is 17.2 Å². The molecule has 2 N–H and O–H groups in total. The molecule has 0 aliphatic heterocycles. The maximum atomic E-state index is 13.5. The largest absolute Gasteiger partial charge is 0.378 e. The second-order valence-corrected chi connectivity index (χ2v) is 5.68. The number of aromatic nitrogens is 1.